The topological polar surface area (TPSA) is 28.7 Å². The standard InChI is InChI=1S/C8H12N2.C2H6/c1-6-3-2-4-8-7(6)5-9-10-8;1-2/h5-6H,2-4H2,1H3,(H,9,10);1-2H3/t6-;/m1./s1. The van der Waals surface area contributed by atoms with Gasteiger partial charge in [-0.2, -0.15) is 5.10 Å². The minimum Gasteiger partial charge on any atom is -0.282 e. The van der Waals surface area contributed by atoms with Crippen LogP contribution in [0, 0.1) is 0 Å². The Morgan fingerprint density at radius 2 is 2.25 bits per heavy atom. The average Bonchev–Trinajstić information content (AvgIpc) is 2.57. The molecule has 68 valence electrons. The van der Waals surface area contributed by atoms with Crippen molar-refractivity contribution in [2.45, 2.75) is 46.0 Å². The van der Waals surface area contributed by atoms with Crippen LogP contribution in [0.4, 0.5) is 0 Å². The number of H-pyrrole nitrogens is 1. The molecule has 1 N–H and O–H groups in total. The molecule has 0 fully saturated rings. The minimum atomic E-state index is 0.725. The number of hydrogen-bond donors (Lipinski definition) is 1. The Bertz CT molecular complexity index is 227. The zero-order chi connectivity index (χ0) is 8.97. The average molecular weight is 166 g/mol. The lowest BCUT2D eigenvalue weighted by Gasteiger charge is -2.16. The smallest absolute Gasteiger partial charge is 0.0524 e. The maximum atomic E-state index is 4.03. The molecule has 1 aliphatic carbocycles. The summed E-state index contributed by atoms with van der Waals surface area (Å²) in [6.45, 7) is 6.27. The van der Waals surface area contributed by atoms with Gasteiger partial charge in [-0.05, 0) is 30.7 Å². The highest BCUT2D eigenvalue weighted by Crippen LogP contribution is 2.28. The Balaban J connectivity index is 0.000000336. The second-order valence-electron chi connectivity index (χ2n) is 3.10. The Morgan fingerprint density at radius 1 is 1.50 bits per heavy atom. The van der Waals surface area contributed by atoms with E-state index in [0.29, 0.717) is 0 Å². The van der Waals surface area contributed by atoms with Gasteiger partial charge in [0.1, 0.15) is 0 Å². The molecule has 2 rings (SSSR count). The maximum Gasteiger partial charge on any atom is 0.0524 e. The highest BCUT2D eigenvalue weighted by atomic mass is 15.1. The number of rotatable bonds is 0. The fourth-order valence-corrected chi connectivity index (χ4v) is 1.69. The van der Waals surface area contributed by atoms with Gasteiger partial charge in [0.2, 0.25) is 0 Å². The largest absolute Gasteiger partial charge is 0.282 e. The first kappa shape index (κ1) is 9.30. The predicted octanol–water partition coefficient (Wildman–Crippen LogP) is 2.88. The molecule has 0 aliphatic heterocycles. The van der Waals surface area contributed by atoms with Crippen molar-refractivity contribution in [3.8, 4) is 0 Å². The summed E-state index contributed by atoms with van der Waals surface area (Å²) < 4.78 is 0. The van der Waals surface area contributed by atoms with Gasteiger partial charge >= 0.3 is 0 Å². The normalized spacial score (nSPS) is 20.8. The monoisotopic (exact) mass is 166 g/mol. The van der Waals surface area contributed by atoms with E-state index in [-0.39, 0.29) is 0 Å². The van der Waals surface area contributed by atoms with Gasteiger partial charge in [-0.15, -0.1) is 0 Å². The molecule has 0 amide bonds. The van der Waals surface area contributed by atoms with Gasteiger partial charge < -0.3 is 0 Å². The van der Waals surface area contributed by atoms with Crippen molar-refractivity contribution in [2.75, 3.05) is 0 Å². The van der Waals surface area contributed by atoms with Gasteiger partial charge in [-0.3, -0.25) is 5.10 Å². The fourth-order valence-electron chi connectivity index (χ4n) is 1.69. The summed E-state index contributed by atoms with van der Waals surface area (Å²) in [5, 5.41) is 7.07. The van der Waals surface area contributed by atoms with Gasteiger partial charge in [0.05, 0.1) is 6.20 Å². The van der Waals surface area contributed by atoms with E-state index in [1.165, 1.54) is 30.5 Å². The van der Waals surface area contributed by atoms with Crippen LogP contribution in [0.25, 0.3) is 0 Å². The third-order valence-electron chi connectivity index (χ3n) is 2.35. The molecule has 1 aromatic heterocycles. The summed E-state index contributed by atoms with van der Waals surface area (Å²) in [6.07, 6.45) is 5.81. The summed E-state index contributed by atoms with van der Waals surface area (Å²) >= 11 is 0. The van der Waals surface area contributed by atoms with Crippen molar-refractivity contribution < 1.29 is 0 Å². The van der Waals surface area contributed by atoms with Crippen molar-refractivity contribution in [3.63, 3.8) is 0 Å². The molecule has 0 bridgehead atoms. The number of aromatic amines is 1. The molecule has 0 radical (unpaired) electrons. The van der Waals surface area contributed by atoms with Crippen LogP contribution in [0.15, 0.2) is 6.20 Å². The first-order valence-electron chi connectivity index (χ1n) is 4.90. The lowest BCUT2D eigenvalue weighted by Crippen LogP contribution is -2.04. The second-order valence-corrected chi connectivity index (χ2v) is 3.10. The van der Waals surface area contributed by atoms with Crippen LogP contribution in [0.2, 0.25) is 0 Å². The molecule has 1 heterocycles. The summed E-state index contributed by atoms with van der Waals surface area (Å²) in [4.78, 5) is 0. The second kappa shape index (κ2) is 4.29. The lowest BCUT2D eigenvalue weighted by atomic mass is 9.89. The van der Waals surface area contributed by atoms with Crippen LogP contribution in [-0.4, -0.2) is 10.2 Å². The Labute approximate surface area is 74.4 Å². The van der Waals surface area contributed by atoms with E-state index in [0.717, 1.165) is 5.92 Å². The molecular formula is C10H18N2. The van der Waals surface area contributed by atoms with E-state index in [1.807, 2.05) is 20.0 Å². The van der Waals surface area contributed by atoms with Gasteiger partial charge in [0, 0.05) is 5.69 Å². The van der Waals surface area contributed by atoms with E-state index < -0.39 is 0 Å². The molecule has 0 spiro atoms. The summed E-state index contributed by atoms with van der Waals surface area (Å²) in [7, 11) is 0. The zero-order valence-electron chi connectivity index (χ0n) is 8.22. The van der Waals surface area contributed by atoms with Crippen LogP contribution in [0.3, 0.4) is 0 Å². The number of aryl methyl sites for hydroxylation is 1. The van der Waals surface area contributed by atoms with Crippen molar-refractivity contribution >= 4 is 0 Å². The van der Waals surface area contributed by atoms with Crippen molar-refractivity contribution in [1.29, 1.82) is 0 Å². The highest BCUT2D eigenvalue weighted by molar-refractivity contribution is 5.23. The van der Waals surface area contributed by atoms with E-state index in [2.05, 4.69) is 17.1 Å². The van der Waals surface area contributed by atoms with E-state index >= 15 is 0 Å². The first-order chi connectivity index (χ1) is 5.88. The predicted molar refractivity (Wildman–Crippen MR) is 51.3 cm³/mol. The van der Waals surface area contributed by atoms with Gasteiger partial charge in [0.15, 0.2) is 0 Å². The molecule has 0 saturated carbocycles. The molecular weight excluding hydrogens is 148 g/mol. The van der Waals surface area contributed by atoms with E-state index in [4.69, 9.17) is 0 Å². The van der Waals surface area contributed by atoms with Crippen LogP contribution in [0.5, 0.6) is 0 Å². The molecule has 0 saturated heterocycles. The van der Waals surface area contributed by atoms with Crippen LogP contribution >= 0.6 is 0 Å². The molecule has 0 aromatic carbocycles. The van der Waals surface area contributed by atoms with Gasteiger partial charge in [0.25, 0.3) is 0 Å². The number of nitrogens with one attached hydrogen (secondary N) is 1. The summed E-state index contributed by atoms with van der Waals surface area (Å²) in [6, 6.07) is 0. The summed E-state index contributed by atoms with van der Waals surface area (Å²) in [5.41, 5.74) is 2.80. The zero-order valence-corrected chi connectivity index (χ0v) is 8.22. The molecule has 1 atom stereocenters. The maximum absolute atomic E-state index is 4.03. The Hall–Kier alpha value is -0.790. The van der Waals surface area contributed by atoms with E-state index in [1.54, 1.807) is 0 Å². The molecule has 2 nitrogen and oxygen atoms in total. The fraction of sp³-hybridized carbons (Fsp3) is 0.700. The third-order valence-corrected chi connectivity index (χ3v) is 2.35. The lowest BCUT2D eigenvalue weighted by molar-refractivity contribution is 0.585. The molecule has 1 aliphatic rings. The minimum absolute atomic E-state index is 0.725. The number of hydrogen-bond acceptors (Lipinski definition) is 1. The highest BCUT2D eigenvalue weighted by Gasteiger charge is 2.16. The van der Waals surface area contributed by atoms with Crippen LogP contribution in [-0.2, 0) is 6.42 Å². The van der Waals surface area contributed by atoms with Gasteiger partial charge in [-0.1, -0.05) is 20.8 Å². The first-order valence-corrected chi connectivity index (χ1v) is 4.90. The number of nitrogens with zero attached hydrogens (tertiary/aromatic N) is 1. The Kier molecular flexibility index (Phi) is 3.32. The molecule has 1 aromatic rings. The van der Waals surface area contributed by atoms with E-state index in [9.17, 15) is 0 Å². The summed E-state index contributed by atoms with van der Waals surface area (Å²) in [5.74, 6) is 0.725. The number of fused-ring (bicyclic) bond motifs is 1. The SMILES string of the molecule is CC.C[C@@H]1CCCc2[nH]ncc21. The van der Waals surface area contributed by atoms with Crippen molar-refractivity contribution in [3.05, 3.63) is 17.5 Å². The van der Waals surface area contributed by atoms with Gasteiger partial charge in [-0.25, -0.2) is 0 Å². The molecule has 0 unspecified atom stereocenters. The van der Waals surface area contributed by atoms with Crippen molar-refractivity contribution in [2.24, 2.45) is 0 Å². The Morgan fingerprint density at radius 3 is 2.92 bits per heavy atom. The third kappa shape index (κ3) is 1.68. The van der Waals surface area contributed by atoms with Crippen LogP contribution < -0.4 is 0 Å². The molecule has 12 heavy (non-hydrogen) atoms. The quantitative estimate of drug-likeness (QED) is 0.630. The molecule has 2 heteroatoms. The van der Waals surface area contributed by atoms with Crippen molar-refractivity contribution in [1.82, 2.24) is 10.2 Å². The number of aromatic nitrogens is 2. The van der Waals surface area contributed by atoms with Crippen LogP contribution in [0.1, 0.15) is 50.8 Å².